The number of unbranched alkanes of at least 4 members (excludes halogenated alkanes) is 1. The number of hydrogen-bond acceptors (Lipinski definition) is 3. The van der Waals surface area contributed by atoms with Crippen LogP contribution in [0.15, 0.2) is 29.6 Å². The molecule has 0 spiro atoms. The molecule has 2 N–H and O–H groups in total. The molecule has 4 heteroatoms. The Kier molecular flexibility index (Phi) is 4.73. The maximum Gasteiger partial charge on any atom is 0.303 e. The Bertz CT molecular complexity index is 521. The maximum atomic E-state index is 10.3. The number of nitrogens with one attached hydrogen (secondary N) is 1. The molecule has 2 aromatic rings. The van der Waals surface area contributed by atoms with Crippen molar-refractivity contribution in [3.63, 3.8) is 0 Å². The summed E-state index contributed by atoms with van der Waals surface area (Å²) in [4.78, 5) is 10.3. The summed E-state index contributed by atoms with van der Waals surface area (Å²) in [5.74, 6) is -0.709. The van der Waals surface area contributed by atoms with Gasteiger partial charge < -0.3 is 10.4 Å². The van der Waals surface area contributed by atoms with Gasteiger partial charge in [-0.2, -0.15) is 0 Å². The highest BCUT2D eigenvalue weighted by molar-refractivity contribution is 7.17. The molecule has 0 bridgehead atoms. The van der Waals surface area contributed by atoms with E-state index >= 15 is 0 Å². The maximum absolute atomic E-state index is 10.3. The van der Waals surface area contributed by atoms with Gasteiger partial charge in [0.25, 0.3) is 0 Å². The highest BCUT2D eigenvalue weighted by atomic mass is 32.1. The zero-order valence-corrected chi connectivity index (χ0v) is 11.0. The minimum Gasteiger partial charge on any atom is -0.481 e. The number of fused-ring (bicyclic) bond motifs is 1. The Balaban J connectivity index is 1.75. The molecule has 0 radical (unpaired) electrons. The SMILES string of the molecule is O=C(O)CCCCNCc1csc2ccccc12. The van der Waals surface area contributed by atoms with Gasteiger partial charge in [-0.15, -0.1) is 11.3 Å². The number of carboxylic acids is 1. The fourth-order valence-corrected chi connectivity index (χ4v) is 2.88. The van der Waals surface area contributed by atoms with Crippen LogP contribution in [-0.2, 0) is 11.3 Å². The Hall–Kier alpha value is -1.39. The van der Waals surface area contributed by atoms with E-state index in [-0.39, 0.29) is 6.42 Å². The lowest BCUT2D eigenvalue weighted by atomic mass is 10.2. The minimum atomic E-state index is -0.709. The molecule has 96 valence electrons. The number of rotatable bonds is 7. The average Bonchev–Trinajstić information content (AvgIpc) is 2.77. The van der Waals surface area contributed by atoms with Crippen LogP contribution >= 0.6 is 11.3 Å². The van der Waals surface area contributed by atoms with Crippen molar-refractivity contribution in [1.29, 1.82) is 0 Å². The first-order valence-corrected chi connectivity index (χ1v) is 7.03. The first-order valence-electron chi connectivity index (χ1n) is 6.15. The summed E-state index contributed by atoms with van der Waals surface area (Å²) in [6.07, 6.45) is 1.92. The van der Waals surface area contributed by atoms with Gasteiger partial charge in [-0.1, -0.05) is 18.2 Å². The van der Waals surface area contributed by atoms with Crippen molar-refractivity contribution in [3.8, 4) is 0 Å². The number of benzene rings is 1. The zero-order chi connectivity index (χ0) is 12.8. The molecule has 0 aliphatic rings. The summed E-state index contributed by atoms with van der Waals surface area (Å²) in [6, 6.07) is 8.40. The third kappa shape index (κ3) is 3.55. The molecule has 0 aliphatic heterocycles. The van der Waals surface area contributed by atoms with Gasteiger partial charge in [0.15, 0.2) is 0 Å². The van der Waals surface area contributed by atoms with E-state index in [4.69, 9.17) is 5.11 Å². The lowest BCUT2D eigenvalue weighted by molar-refractivity contribution is -0.137. The second-order valence-electron chi connectivity index (χ2n) is 4.28. The van der Waals surface area contributed by atoms with E-state index in [9.17, 15) is 4.79 Å². The molecule has 2 rings (SSSR count). The first kappa shape index (κ1) is 13.1. The third-order valence-corrected chi connectivity index (χ3v) is 3.88. The summed E-state index contributed by atoms with van der Waals surface area (Å²) in [5.41, 5.74) is 1.33. The topological polar surface area (TPSA) is 49.3 Å². The Morgan fingerprint density at radius 1 is 1.28 bits per heavy atom. The highest BCUT2D eigenvalue weighted by Crippen LogP contribution is 2.25. The number of carboxylic acid groups (broad SMARTS) is 1. The van der Waals surface area contributed by atoms with Crippen molar-refractivity contribution in [1.82, 2.24) is 5.32 Å². The van der Waals surface area contributed by atoms with Crippen molar-refractivity contribution in [2.24, 2.45) is 0 Å². The molecule has 0 saturated carbocycles. The van der Waals surface area contributed by atoms with Gasteiger partial charge in [0.05, 0.1) is 0 Å². The first-order chi connectivity index (χ1) is 8.77. The molecule has 0 amide bonds. The molecule has 0 fully saturated rings. The average molecular weight is 263 g/mol. The quantitative estimate of drug-likeness (QED) is 0.754. The summed E-state index contributed by atoms with van der Waals surface area (Å²) >= 11 is 1.77. The van der Waals surface area contributed by atoms with Gasteiger partial charge in [-0.05, 0) is 41.8 Å². The van der Waals surface area contributed by atoms with Crippen LogP contribution in [0.2, 0.25) is 0 Å². The van der Waals surface area contributed by atoms with E-state index in [1.54, 1.807) is 11.3 Å². The Morgan fingerprint density at radius 2 is 2.11 bits per heavy atom. The van der Waals surface area contributed by atoms with Crippen molar-refractivity contribution in [3.05, 3.63) is 35.2 Å². The van der Waals surface area contributed by atoms with Crippen molar-refractivity contribution in [2.75, 3.05) is 6.54 Å². The van der Waals surface area contributed by atoms with Crippen LogP contribution in [0.5, 0.6) is 0 Å². The molecule has 3 nitrogen and oxygen atoms in total. The van der Waals surface area contributed by atoms with E-state index < -0.39 is 5.97 Å². The number of thiophene rings is 1. The summed E-state index contributed by atoms with van der Waals surface area (Å²) < 4.78 is 1.32. The third-order valence-electron chi connectivity index (χ3n) is 2.87. The van der Waals surface area contributed by atoms with Crippen LogP contribution in [0, 0.1) is 0 Å². The largest absolute Gasteiger partial charge is 0.481 e. The number of carbonyl (C=O) groups is 1. The fourth-order valence-electron chi connectivity index (χ4n) is 1.92. The molecule has 0 atom stereocenters. The highest BCUT2D eigenvalue weighted by Gasteiger charge is 2.02. The van der Waals surface area contributed by atoms with Crippen LogP contribution in [0.25, 0.3) is 10.1 Å². The van der Waals surface area contributed by atoms with Crippen LogP contribution in [0.3, 0.4) is 0 Å². The second-order valence-corrected chi connectivity index (χ2v) is 5.20. The van der Waals surface area contributed by atoms with Gasteiger partial charge >= 0.3 is 5.97 Å². The summed E-state index contributed by atoms with van der Waals surface area (Å²) in [6.45, 7) is 1.73. The Labute approximate surface area is 110 Å². The second kappa shape index (κ2) is 6.52. The number of hydrogen-bond donors (Lipinski definition) is 2. The Morgan fingerprint density at radius 3 is 2.94 bits per heavy atom. The van der Waals surface area contributed by atoms with Gasteiger partial charge in [0, 0.05) is 17.7 Å². The van der Waals surface area contributed by atoms with E-state index in [1.807, 2.05) is 0 Å². The lowest BCUT2D eigenvalue weighted by Gasteiger charge is -2.03. The predicted molar refractivity (Wildman–Crippen MR) is 75.0 cm³/mol. The van der Waals surface area contributed by atoms with Crippen molar-refractivity contribution >= 4 is 27.4 Å². The van der Waals surface area contributed by atoms with E-state index in [0.717, 1.165) is 25.9 Å². The molecule has 0 unspecified atom stereocenters. The van der Waals surface area contributed by atoms with Crippen LogP contribution in [0.4, 0.5) is 0 Å². The molecule has 0 saturated heterocycles. The molecular formula is C14H17NO2S. The van der Waals surface area contributed by atoms with Gasteiger partial charge in [-0.25, -0.2) is 0 Å². The van der Waals surface area contributed by atoms with Crippen molar-refractivity contribution in [2.45, 2.75) is 25.8 Å². The molecule has 18 heavy (non-hydrogen) atoms. The summed E-state index contributed by atoms with van der Waals surface area (Å²) in [5, 5.41) is 15.4. The van der Waals surface area contributed by atoms with E-state index in [2.05, 4.69) is 35.0 Å². The molecular weight excluding hydrogens is 246 g/mol. The van der Waals surface area contributed by atoms with Gasteiger partial charge in [0.2, 0.25) is 0 Å². The molecule has 0 aliphatic carbocycles. The standard InChI is InChI=1S/C14H17NO2S/c16-14(17)7-3-4-8-15-9-11-10-18-13-6-2-1-5-12(11)13/h1-2,5-6,10,15H,3-4,7-9H2,(H,16,17). The van der Waals surface area contributed by atoms with Crippen LogP contribution in [0.1, 0.15) is 24.8 Å². The van der Waals surface area contributed by atoms with Crippen LogP contribution in [-0.4, -0.2) is 17.6 Å². The number of aliphatic carboxylic acids is 1. The van der Waals surface area contributed by atoms with Gasteiger partial charge in [-0.3, -0.25) is 4.79 Å². The van der Waals surface area contributed by atoms with Crippen molar-refractivity contribution < 1.29 is 9.90 Å². The lowest BCUT2D eigenvalue weighted by Crippen LogP contribution is -2.14. The monoisotopic (exact) mass is 263 g/mol. The minimum absolute atomic E-state index is 0.267. The van der Waals surface area contributed by atoms with Crippen LogP contribution < -0.4 is 5.32 Å². The normalized spacial score (nSPS) is 10.9. The molecule has 1 aromatic carbocycles. The van der Waals surface area contributed by atoms with E-state index in [1.165, 1.54) is 15.6 Å². The smallest absolute Gasteiger partial charge is 0.303 e. The molecule has 1 aromatic heterocycles. The molecule has 1 heterocycles. The van der Waals surface area contributed by atoms with E-state index in [0.29, 0.717) is 0 Å². The fraction of sp³-hybridized carbons (Fsp3) is 0.357. The van der Waals surface area contributed by atoms with Gasteiger partial charge in [0.1, 0.15) is 0 Å². The summed E-state index contributed by atoms with van der Waals surface area (Å²) in [7, 11) is 0. The zero-order valence-electron chi connectivity index (χ0n) is 10.2. The predicted octanol–water partition coefficient (Wildman–Crippen LogP) is 3.25.